The molecule has 1 atom stereocenters. The number of nitrogens with zero attached hydrogens (tertiary/aromatic N) is 1. The van der Waals surface area contributed by atoms with Crippen molar-refractivity contribution in [3.8, 4) is 0 Å². The summed E-state index contributed by atoms with van der Waals surface area (Å²) in [5.41, 5.74) is 1.72. The lowest BCUT2D eigenvalue weighted by Crippen LogP contribution is -2.48. The summed E-state index contributed by atoms with van der Waals surface area (Å²) < 4.78 is 13.0. The van der Waals surface area contributed by atoms with Crippen LogP contribution in [0.5, 0.6) is 0 Å². The average Bonchev–Trinajstić information content (AvgIpc) is 2.71. The SMILES string of the molecule is CC[C@H](C(=O)NC)N(Cc1ccc(Cl)c(Cl)c1)C(=O)CSCc1ccc(F)cc1. The zero-order valence-corrected chi connectivity index (χ0v) is 18.6. The van der Waals surface area contributed by atoms with E-state index in [4.69, 9.17) is 23.2 Å². The predicted octanol–water partition coefficient (Wildman–Crippen LogP) is 4.92. The molecule has 0 aliphatic carbocycles. The molecule has 1 N–H and O–H groups in total. The average molecular weight is 457 g/mol. The van der Waals surface area contributed by atoms with Crippen LogP contribution in [0.2, 0.25) is 10.0 Å². The molecule has 0 heterocycles. The number of likely N-dealkylation sites (N-methyl/N-ethyl adjacent to an activating group) is 1. The second-order valence-corrected chi connectivity index (χ2v) is 8.23. The molecule has 0 aliphatic rings. The molecule has 0 fully saturated rings. The first-order chi connectivity index (χ1) is 13.8. The first-order valence-corrected chi connectivity index (χ1v) is 11.0. The van der Waals surface area contributed by atoms with Gasteiger partial charge in [-0.05, 0) is 41.8 Å². The van der Waals surface area contributed by atoms with E-state index < -0.39 is 6.04 Å². The van der Waals surface area contributed by atoms with Gasteiger partial charge < -0.3 is 10.2 Å². The summed E-state index contributed by atoms with van der Waals surface area (Å²) in [7, 11) is 1.55. The molecule has 4 nitrogen and oxygen atoms in total. The van der Waals surface area contributed by atoms with Crippen LogP contribution in [0.4, 0.5) is 4.39 Å². The molecule has 0 unspecified atom stereocenters. The van der Waals surface area contributed by atoms with Crippen molar-refractivity contribution in [3.05, 3.63) is 69.5 Å². The second kappa shape index (κ2) is 11.4. The van der Waals surface area contributed by atoms with Crippen LogP contribution in [0.15, 0.2) is 42.5 Å². The maximum Gasteiger partial charge on any atom is 0.242 e. The van der Waals surface area contributed by atoms with E-state index in [9.17, 15) is 14.0 Å². The molecule has 156 valence electrons. The van der Waals surface area contributed by atoms with Gasteiger partial charge in [0.05, 0.1) is 15.8 Å². The highest BCUT2D eigenvalue weighted by molar-refractivity contribution is 7.99. The fourth-order valence-corrected chi connectivity index (χ4v) is 4.03. The van der Waals surface area contributed by atoms with Crippen molar-refractivity contribution in [2.45, 2.75) is 31.7 Å². The Morgan fingerprint density at radius 1 is 1.10 bits per heavy atom. The Hall–Kier alpha value is -1.76. The van der Waals surface area contributed by atoms with Crippen LogP contribution >= 0.6 is 35.0 Å². The lowest BCUT2D eigenvalue weighted by atomic mass is 10.1. The smallest absolute Gasteiger partial charge is 0.242 e. The molecule has 29 heavy (non-hydrogen) atoms. The Morgan fingerprint density at radius 3 is 2.34 bits per heavy atom. The fourth-order valence-electron chi connectivity index (χ4n) is 2.84. The van der Waals surface area contributed by atoms with E-state index >= 15 is 0 Å². The van der Waals surface area contributed by atoms with E-state index in [-0.39, 0.29) is 29.9 Å². The van der Waals surface area contributed by atoms with Gasteiger partial charge in [0.15, 0.2) is 0 Å². The van der Waals surface area contributed by atoms with Crippen LogP contribution < -0.4 is 5.32 Å². The molecule has 0 aromatic heterocycles. The van der Waals surface area contributed by atoms with Gasteiger partial charge in [-0.1, -0.05) is 48.3 Å². The minimum atomic E-state index is -0.589. The van der Waals surface area contributed by atoms with Crippen molar-refractivity contribution in [1.82, 2.24) is 10.2 Å². The highest BCUT2D eigenvalue weighted by Crippen LogP contribution is 2.24. The lowest BCUT2D eigenvalue weighted by Gasteiger charge is -2.30. The van der Waals surface area contributed by atoms with Gasteiger partial charge in [-0.15, -0.1) is 11.8 Å². The molecule has 8 heteroatoms. The zero-order chi connectivity index (χ0) is 21.4. The van der Waals surface area contributed by atoms with Gasteiger partial charge in [0.25, 0.3) is 0 Å². The van der Waals surface area contributed by atoms with Crippen molar-refractivity contribution in [1.29, 1.82) is 0 Å². The molecular formula is C21H23Cl2FN2O2S. The molecule has 0 saturated heterocycles. The fraction of sp³-hybridized carbons (Fsp3) is 0.333. The molecule has 0 bridgehead atoms. The maximum absolute atomic E-state index is 13.0. The van der Waals surface area contributed by atoms with E-state index in [0.29, 0.717) is 22.2 Å². The molecule has 0 saturated carbocycles. The number of amides is 2. The van der Waals surface area contributed by atoms with Gasteiger partial charge in [-0.25, -0.2) is 4.39 Å². The summed E-state index contributed by atoms with van der Waals surface area (Å²) in [5.74, 6) is 0.109. The largest absolute Gasteiger partial charge is 0.357 e. The molecule has 0 radical (unpaired) electrons. The number of hydrogen-bond donors (Lipinski definition) is 1. The van der Waals surface area contributed by atoms with Crippen LogP contribution in [0.3, 0.4) is 0 Å². The molecular weight excluding hydrogens is 434 g/mol. The summed E-state index contributed by atoms with van der Waals surface area (Å²) in [6, 6.07) is 10.8. The minimum absolute atomic E-state index is 0.154. The molecule has 2 aromatic carbocycles. The molecule has 0 aliphatic heterocycles. The Balaban J connectivity index is 2.11. The summed E-state index contributed by atoms with van der Waals surface area (Å²) in [6.07, 6.45) is 0.482. The Labute approximate surface area is 184 Å². The van der Waals surface area contributed by atoms with Crippen molar-refractivity contribution < 1.29 is 14.0 Å². The van der Waals surface area contributed by atoms with Crippen molar-refractivity contribution in [2.75, 3.05) is 12.8 Å². The summed E-state index contributed by atoms with van der Waals surface area (Å²) >= 11 is 13.5. The van der Waals surface area contributed by atoms with Gasteiger partial charge in [-0.3, -0.25) is 9.59 Å². The third-order valence-corrected chi connectivity index (χ3v) is 6.10. The van der Waals surface area contributed by atoms with Gasteiger partial charge in [0.2, 0.25) is 11.8 Å². The Bertz CT molecular complexity index is 849. The first kappa shape index (κ1) is 23.5. The maximum atomic E-state index is 13.0. The van der Waals surface area contributed by atoms with Crippen molar-refractivity contribution in [2.24, 2.45) is 0 Å². The standard InChI is InChI=1S/C21H23Cl2FN2O2S/c1-3-19(21(28)25-2)26(11-15-6-9-17(22)18(23)10-15)20(27)13-29-12-14-4-7-16(24)8-5-14/h4-10,19H,3,11-13H2,1-2H3,(H,25,28)/t19-/m1/s1. The quantitative estimate of drug-likeness (QED) is 0.582. The number of carbonyl (C=O) groups excluding carboxylic acids is 2. The molecule has 2 rings (SSSR count). The van der Waals surface area contributed by atoms with Crippen LogP contribution in [0, 0.1) is 5.82 Å². The van der Waals surface area contributed by atoms with Crippen LogP contribution in [0.25, 0.3) is 0 Å². The summed E-state index contributed by atoms with van der Waals surface area (Å²) in [4.78, 5) is 26.9. The molecule has 2 aromatic rings. The topological polar surface area (TPSA) is 49.4 Å². The van der Waals surface area contributed by atoms with E-state index in [1.807, 2.05) is 6.92 Å². The van der Waals surface area contributed by atoms with E-state index in [2.05, 4.69) is 5.32 Å². The summed E-state index contributed by atoms with van der Waals surface area (Å²) in [5, 5.41) is 3.45. The summed E-state index contributed by atoms with van der Waals surface area (Å²) in [6.45, 7) is 2.11. The number of hydrogen-bond acceptors (Lipinski definition) is 3. The first-order valence-electron chi connectivity index (χ1n) is 9.12. The zero-order valence-electron chi connectivity index (χ0n) is 16.3. The molecule has 0 spiro atoms. The van der Waals surface area contributed by atoms with Crippen LogP contribution in [0.1, 0.15) is 24.5 Å². The highest BCUT2D eigenvalue weighted by Gasteiger charge is 2.28. The van der Waals surface area contributed by atoms with Crippen LogP contribution in [-0.2, 0) is 21.9 Å². The Morgan fingerprint density at radius 2 is 1.76 bits per heavy atom. The number of benzene rings is 2. The van der Waals surface area contributed by atoms with E-state index in [1.165, 1.54) is 23.9 Å². The van der Waals surface area contributed by atoms with E-state index in [1.54, 1.807) is 42.3 Å². The highest BCUT2D eigenvalue weighted by atomic mass is 35.5. The van der Waals surface area contributed by atoms with Crippen LogP contribution in [-0.4, -0.2) is 35.6 Å². The number of halogens is 3. The second-order valence-electron chi connectivity index (χ2n) is 6.43. The van der Waals surface area contributed by atoms with E-state index in [0.717, 1.165) is 11.1 Å². The van der Waals surface area contributed by atoms with Crippen molar-refractivity contribution >= 4 is 46.8 Å². The minimum Gasteiger partial charge on any atom is -0.357 e. The Kier molecular flexibility index (Phi) is 9.27. The third-order valence-electron chi connectivity index (χ3n) is 4.38. The lowest BCUT2D eigenvalue weighted by molar-refractivity contribution is -0.139. The number of carbonyl (C=O) groups is 2. The van der Waals surface area contributed by atoms with Crippen molar-refractivity contribution in [3.63, 3.8) is 0 Å². The molecule has 2 amide bonds. The third kappa shape index (κ3) is 6.91. The van der Waals surface area contributed by atoms with Gasteiger partial charge in [-0.2, -0.15) is 0 Å². The van der Waals surface area contributed by atoms with Gasteiger partial charge >= 0.3 is 0 Å². The monoisotopic (exact) mass is 456 g/mol. The number of thioether (sulfide) groups is 1. The van der Waals surface area contributed by atoms with Gasteiger partial charge in [0, 0.05) is 19.3 Å². The van der Waals surface area contributed by atoms with Gasteiger partial charge in [0.1, 0.15) is 11.9 Å². The predicted molar refractivity (Wildman–Crippen MR) is 118 cm³/mol. The number of nitrogens with one attached hydrogen (secondary N) is 1. The number of rotatable bonds is 9. The normalized spacial score (nSPS) is 11.8.